The van der Waals surface area contributed by atoms with Gasteiger partial charge in [-0.2, -0.15) is 0 Å². The van der Waals surface area contributed by atoms with Crippen LogP contribution in [0.4, 0.5) is 0 Å². The molecule has 6 heteroatoms. The van der Waals surface area contributed by atoms with E-state index in [0.29, 0.717) is 17.3 Å². The minimum Gasteiger partial charge on any atom is -0.479 e. The second-order valence-electron chi connectivity index (χ2n) is 4.75. The Hall–Kier alpha value is -0.970. The lowest BCUT2D eigenvalue weighted by Crippen LogP contribution is -2.38. The summed E-state index contributed by atoms with van der Waals surface area (Å²) in [4.78, 5) is 11.8. The summed E-state index contributed by atoms with van der Waals surface area (Å²) in [6.45, 7) is 6.08. The Kier molecular flexibility index (Phi) is 8.62. The van der Waals surface area contributed by atoms with Crippen LogP contribution in [0.3, 0.4) is 0 Å². The zero-order valence-corrected chi connectivity index (χ0v) is 13.6. The van der Waals surface area contributed by atoms with Gasteiger partial charge in [-0.05, 0) is 44.9 Å². The number of hydrogen-bond acceptors (Lipinski definition) is 3. The quantitative estimate of drug-likeness (QED) is 0.847. The number of carbonyl (C=O) groups is 1. The van der Waals surface area contributed by atoms with Crippen molar-refractivity contribution in [3.05, 3.63) is 28.8 Å². The Balaban J connectivity index is 0.00000361. The number of rotatable bonds is 6. The van der Waals surface area contributed by atoms with Gasteiger partial charge in [0.05, 0.1) is 5.02 Å². The van der Waals surface area contributed by atoms with Gasteiger partial charge in [0.2, 0.25) is 0 Å². The molecule has 4 nitrogen and oxygen atoms in total. The highest BCUT2D eigenvalue weighted by Crippen LogP contribution is 2.26. The summed E-state index contributed by atoms with van der Waals surface area (Å²) in [5, 5.41) is 3.28. The molecule has 1 amide bonds. The summed E-state index contributed by atoms with van der Waals surface area (Å²) in [5.74, 6) is 0.356. The van der Waals surface area contributed by atoms with Crippen LogP contribution in [0.25, 0.3) is 0 Å². The number of nitrogens with one attached hydrogen (secondary N) is 1. The van der Waals surface area contributed by atoms with Gasteiger partial charge in [-0.15, -0.1) is 12.4 Å². The molecule has 3 N–H and O–H groups in total. The lowest BCUT2D eigenvalue weighted by molar-refractivity contribution is -0.127. The second kappa shape index (κ2) is 9.06. The van der Waals surface area contributed by atoms with E-state index in [1.54, 1.807) is 13.0 Å². The molecule has 0 aliphatic heterocycles. The lowest BCUT2D eigenvalue weighted by atomic mass is 10.2. The Labute approximate surface area is 131 Å². The molecular weight excluding hydrogens is 299 g/mol. The molecule has 1 rings (SSSR count). The van der Waals surface area contributed by atoms with Crippen LogP contribution in [0.2, 0.25) is 5.02 Å². The van der Waals surface area contributed by atoms with Crippen LogP contribution in [0, 0.1) is 6.92 Å². The smallest absolute Gasteiger partial charge is 0.260 e. The van der Waals surface area contributed by atoms with E-state index in [4.69, 9.17) is 22.1 Å². The van der Waals surface area contributed by atoms with E-state index in [-0.39, 0.29) is 24.4 Å². The monoisotopic (exact) mass is 320 g/mol. The van der Waals surface area contributed by atoms with Crippen LogP contribution in [0.15, 0.2) is 18.2 Å². The van der Waals surface area contributed by atoms with E-state index in [1.807, 2.05) is 26.0 Å². The number of ether oxygens (including phenoxy) is 1. The zero-order valence-electron chi connectivity index (χ0n) is 12.0. The van der Waals surface area contributed by atoms with Crippen molar-refractivity contribution in [2.75, 3.05) is 6.54 Å². The van der Waals surface area contributed by atoms with E-state index in [9.17, 15) is 4.79 Å². The highest BCUT2D eigenvalue weighted by molar-refractivity contribution is 6.32. The highest BCUT2D eigenvalue weighted by atomic mass is 35.5. The maximum atomic E-state index is 11.8. The van der Waals surface area contributed by atoms with Gasteiger partial charge in [-0.25, -0.2) is 0 Å². The van der Waals surface area contributed by atoms with Crippen LogP contribution in [0.1, 0.15) is 25.8 Å². The Morgan fingerprint density at radius 2 is 2.10 bits per heavy atom. The average Bonchev–Trinajstić information content (AvgIpc) is 2.33. The lowest BCUT2D eigenvalue weighted by Gasteiger charge is -2.16. The van der Waals surface area contributed by atoms with Crippen molar-refractivity contribution in [2.24, 2.45) is 5.73 Å². The predicted octanol–water partition coefficient (Wildman–Crippen LogP) is 2.69. The molecule has 0 aromatic heterocycles. The number of benzene rings is 1. The van der Waals surface area contributed by atoms with Crippen molar-refractivity contribution in [2.45, 2.75) is 39.3 Å². The fourth-order valence-corrected chi connectivity index (χ4v) is 1.67. The van der Waals surface area contributed by atoms with Gasteiger partial charge in [-0.3, -0.25) is 4.79 Å². The molecule has 0 spiro atoms. The number of amides is 1. The summed E-state index contributed by atoms with van der Waals surface area (Å²) in [5.41, 5.74) is 6.65. The summed E-state index contributed by atoms with van der Waals surface area (Å²) >= 11 is 6.02. The number of nitrogens with two attached hydrogens (primary N) is 1. The van der Waals surface area contributed by atoms with Crippen molar-refractivity contribution >= 4 is 29.9 Å². The summed E-state index contributed by atoms with van der Waals surface area (Å²) in [6, 6.07) is 5.53. The largest absolute Gasteiger partial charge is 0.479 e. The molecule has 1 aromatic rings. The van der Waals surface area contributed by atoms with Gasteiger partial charge in [0.15, 0.2) is 6.10 Å². The van der Waals surface area contributed by atoms with Gasteiger partial charge < -0.3 is 15.8 Å². The maximum absolute atomic E-state index is 11.8. The van der Waals surface area contributed by atoms with Crippen LogP contribution >= 0.6 is 24.0 Å². The van der Waals surface area contributed by atoms with Crippen molar-refractivity contribution in [1.29, 1.82) is 0 Å². The maximum Gasteiger partial charge on any atom is 0.260 e. The van der Waals surface area contributed by atoms with Crippen molar-refractivity contribution < 1.29 is 9.53 Å². The van der Waals surface area contributed by atoms with Gasteiger partial charge in [0, 0.05) is 12.6 Å². The molecule has 1 aromatic carbocycles. The second-order valence-corrected chi connectivity index (χ2v) is 5.16. The first-order valence-electron chi connectivity index (χ1n) is 6.36. The molecule has 0 bridgehead atoms. The minimum atomic E-state index is -0.590. The molecule has 0 aliphatic carbocycles. The molecule has 0 fully saturated rings. The third kappa shape index (κ3) is 6.46. The number of halogens is 2. The van der Waals surface area contributed by atoms with E-state index < -0.39 is 6.10 Å². The van der Waals surface area contributed by atoms with Crippen molar-refractivity contribution in [3.8, 4) is 5.75 Å². The standard InChI is InChI=1S/C14H21ClN2O2.ClH/c1-9-4-5-12(15)13(8-9)19-11(3)14(18)17-7-6-10(2)16;/h4-5,8,10-11H,6-7,16H2,1-3H3,(H,17,18);1H. The van der Waals surface area contributed by atoms with E-state index in [2.05, 4.69) is 5.32 Å². The number of hydrogen-bond donors (Lipinski definition) is 2. The average molecular weight is 321 g/mol. The molecule has 2 unspecified atom stereocenters. The first-order chi connectivity index (χ1) is 8.90. The molecule has 114 valence electrons. The zero-order chi connectivity index (χ0) is 14.4. The Morgan fingerprint density at radius 3 is 2.70 bits per heavy atom. The highest BCUT2D eigenvalue weighted by Gasteiger charge is 2.15. The molecular formula is C14H22Cl2N2O2. The molecule has 0 saturated heterocycles. The SMILES string of the molecule is Cc1ccc(Cl)c(OC(C)C(=O)NCCC(C)N)c1.Cl. The molecule has 0 radical (unpaired) electrons. The van der Waals surface area contributed by atoms with Crippen molar-refractivity contribution in [3.63, 3.8) is 0 Å². The Bertz CT molecular complexity index is 439. The molecule has 0 heterocycles. The minimum absolute atomic E-state index is 0. The molecule has 0 aliphatic rings. The number of carbonyl (C=O) groups excluding carboxylic acids is 1. The fraction of sp³-hybridized carbons (Fsp3) is 0.500. The molecule has 0 saturated carbocycles. The fourth-order valence-electron chi connectivity index (χ4n) is 1.51. The van der Waals surface area contributed by atoms with Gasteiger partial charge in [0.1, 0.15) is 5.75 Å². The van der Waals surface area contributed by atoms with E-state index >= 15 is 0 Å². The van der Waals surface area contributed by atoms with Crippen LogP contribution in [-0.4, -0.2) is 24.6 Å². The molecule has 20 heavy (non-hydrogen) atoms. The van der Waals surface area contributed by atoms with Crippen LogP contribution in [-0.2, 0) is 4.79 Å². The summed E-state index contributed by atoms with van der Waals surface area (Å²) in [6.07, 6.45) is 0.149. The van der Waals surface area contributed by atoms with Gasteiger partial charge >= 0.3 is 0 Å². The van der Waals surface area contributed by atoms with Gasteiger partial charge in [0.25, 0.3) is 5.91 Å². The molecule has 2 atom stereocenters. The third-order valence-electron chi connectivity index (χ3n) is 2.66. The van der Waals surface area contributed by atoms with Crippen LogP contribution < -0.4 is 15.8 Å². The topological polar surface area (TPSA) is 64.3 Å². The van der Waals surface area contributed by atoms with Crippen molar-refractivity contribution in [1.82, 2.24) is 5.32 Å². The first-order valence-corrected chi connectivity index (χ1v) is 6.74. The normalized spacial score (nSPS) is 13.1. The van der Waals surface area contributed by atoms with Crippen LogP contribution in [0.5, 0.6) is 5.75 Å². The van der Waals surface area contributed by atoms with E-state index in [1.165, 1.54) is 0 Å². The summed E-state index contributed by atoms with van der Waals surface area (Å²) < 4.78 is 5.57. The first kappa shape index (κ1) is 19.0. The Morgan fingerprint density at radius 1 is 1.45 bits per heavy atom. The predicted molar refractivity (Wildman–Crippen MR) is 84.8 cm³/mol. The summed E-state index contributed by atoms with van der Waals surface area (Å²) in [7, 11) is 0. The third-order valence-corrected chi connectivity index (χ3v) is 2.97. The number of aryl methyl sites for hydroxylation is 1. The van der Waals surface area contributed by atoms with E-state index in [0.717, 1.165) is 12.0 Å². The van der Waals surface area contributed by atoms with Gasteiger partial charge in [-0.1, -0.05) is 17.7 Å².